The van der Waals surface area contributed by atoms with E-state index in [2.05, 4.69) is 5.32 Å². The SMILES string of the molecule is CC[C@H](CCC1CC(F)(F)CC1NC(=O)[C@@H](N)[C@H](c1ccc(Cl)cc1)C1CCOCC1)N(CCN)S(=O)(=O)c1ccccc1. The van der Waals surface area contributed by atoms with Crippen molar-refractivity contribution < 1.29 is 26.7 Å². The fourth-order valence-electron chi connectivity index (χ4n) is 6.86. The number of benzene rings is 2. The molecule has 2 unspecified atom stereocenters. The molecule has 0 radical (unpaired) electrons. The summed E-state index contributed by atoms with van der Waals surface area (Å²) in [5.41, 5.74) is 13.3. The third kappa shape index (κ3) is 8.55. The molecule has 8 nitrogen and oxygen atoms in total. The van der Waals surface area contributed by atoms with Crippen molar-refractivity contribution >= 4 is 27.5 Å². The molecular formula is C32H45ClF2N4O4S. The maximum absolute atomic E-state index is 14.8. The van der Waals surface area contributed by atoms with Gasteiger partial charge >= 0.3 is 0 Å². The Balaban J connectivity index is 1.48. The average Bonchev–Trinajstić information content (AvgIpc) is 3.31. The molecule has 1 heterocycles. The van der Waals surface area contributed by atoms with E-state index in [1.54, 1.807) is 30.3 Å². The molecule has 0 bridgehead atoms. The number of alkyl halides is 2. The van der Waals surface area contributed by atoms with Gasteiger partial charge in [0.1, 0.15) is 0 Å². The minimum absolute atomic E-state index is 0.0943. The Morgan fingerprint density at radius 3 is 2.39 bits per heavy atom. The van der Waals surface area contributed by atoms with Crippen LogP contribution in [0.25, 0.3) is 0 Å². The van der Waals surface area contributed by atoms with Crippen LogP contribution in [0.5, 0.6) is 0 Å². The Morgan fingerprint density at radius 2 is 1.77 bits per heavy atom. The normalized spacial score (nSPS) is 22.9. The molecule has 2 aromatic rings. The molecule has 1 saturated heterocycles. The highest BCUT2D eigenvalue weighted by atomic mass is 35.5. The first-order chi connectivity index (χ1) is 21.0. The van der Waals surface area contributed by atoms with Gasteiger partial charge in [0.05, 0.1) is 10.9 Å². The maximum atomic E-state index is 14.8. The van der Waals surface area contributed by atoms with Crippen LogP contribution in [0.3, 0.4) is 0 Å². The molecule has 2 aromatic carbocycles. The van der Waals surface area contributed by atoms with Gasteiger partial charge in [-0.15, -0.1) is 0 Å². The molecule has 0 spiro atoms. The highest BCUT2D eigenvalue weighted by Crippen LogP contribution is 2.42. The number of amides is 1. The molecule has 1 amide bonds. The second kappa shape index (κ2) is 15.4. The first kappa shape index (κ1) is 34.7. The Kier molecular flexibility index (Phi) is 12.2. The lowest BCUT2D eigenvalue weighted by Gasteiger charge is -2.35. The highest BCUT2D eigenvalue weighted by Gasteiger charge is 2.48. The van der Waals surface area contributed by atoms with Gasteiger partial charge in [-0.1, -0.05) is 48.9 Å². The van der Waals surface area contributed by atoms with Crippen LogP contribution >= 0.6 is 11.6 Å². The number of sulfonamides is 1. The molecule has 1 saturated carbocycles. The molecule has 4 rings (SSSR count). The lowest BCUT2D eigenvalue weighted by atomic mass is 9.76. The van der Waals surface area contributed by atoms with Crippen molar-refractivity contribution in [2.75, 3.05) is 26.3 Å². The first-order valence-corrected chi connectivity index (χ1v) is 17.3. The molecule has 12 heteroatoms. The topological polar surface area (TPSA) is 128 Å². The van der Waals surface area contributed by atoms with Crippen LogP contribution in [0.1, 0.15) is 63.4 Å². The second-order valence-electron chi connectivity index (χ2n) is 12.0. The van der Waals surface area contributed by atoms with E-state index in [1.807, 2.05) is 19.1 Å². The molecule has 5 atom stereocenters. The van der Waals surface area contributed by atoms with Crippen molar-refractivity contribution in [1.29, 1.82) is 0 Å². The Morgan fingerprint density at radius 1 is 1.11 bits per heavy atom. The van der Waals surface area contributed by atoms with Gasteiger partial charge in [0, 0.05) is 62.2 Å². The molecular weight excluding hydrogens is 610 g/mol. The Bertz CT molecular complexity index is 1310. The molecule has 5 N–H and O–H groups in total. The van der Waals surface area contributed by atoms with E-state index in [0.717, 1.165) is 18.4 Å². The molecule has 2 aliphatic rings. The van der Waals surface area contributed by atoms with Gasteiger partial charge in [-0.3, -0.25) is 4.79 Å². The molecule has 2 fully saturated rings. The molecule has 44 heavy (non-hydrogen) atoms. The molecule has 1 aliphatic heterocycles. The number of ether oxygens (including phenoxy) is 1. The fourth-order valence-corrected chi connectivity index (χ4v) is 8.75. The smallest absolute Gasteiger partial charge is 0.250 e. The van der Waals surface area contributed by atoms with Crippen LogP contribution in [0.15, 0.2) is 59.5 Å². The van der Waals surface area contributed by atoms with E-state index < -0.39 is 52.3 Å². The maximum Gasteiger partial charge on any atom is 0.250 e. The van der Waals surface area contributed by atoms with Crippen LogP contribution in [0, 0.1) is 11.8 Å². The first-order valence-electron chi connectivity index (χ1n) is 15.5. The number of halogens is 3. The predicted molar refractivity (Wildman–Crippen MR) is 168 cm³/mol. The molecule has 244 valence electrons. The molecule has 0 aromatic heterocycles. The summed E-state index contributed by atoms with van der Waals surface area (Å²) in [4.78, 5) is 13.8. The predicted octanol–water partition coefficient (Wildman–Crippen LogP) is 4.92. The Labute approximate surface area is 264 Å². The number of carbonyl (C=O) groups excluding carboxylic acids is 1. The van der Waals surface area contributed by atoms with Crippen LogP contribution < -0.4 is 16.8 Å². The minimum atomic E-state index is -3.83. The number of hydrogen-bond acceptors (Lipinski definition) is 6. The third-order valence-electron chi connectivity index (χ3n) is 9.14. The van der Waals surface area contributed by atoms with E-state index in [0.29, 0.717) is 37.5 Å². The van der Waals surface area contributed by atoms with Crippen molar-refractivity contribution in [2.24, 2.45) is 23.3 Å². The summed E-state index contributed by atoms with van der Waals surface area (Å²) in [6, 6.07) is 13.2. The number of nitrogens with two attached hydrogens (primary N) is 2. The zero-order valence-corrected chi connectivity index (χ0v) is 26.8. The summed E-state index contributed by atoms with van der Waals surface area (Å²) >= 11 is 6.11. The van der Waals surface area contributed by atoms with Crippen LogP contribution in [0.4, 0.5) is 8.78 Å². The summed E-state index contributed by atoms with van der Waals surface area (Å²) in [7, 11) is -3.83. The highest BCUT2D eigenvalue weighted by molar-refractivity contribution is 7.89. The lowest BCUT2D eigenvalue weighted by Crippen LogP contribution is -2.51. The van der Waals surface area contributed by atoms with Gasteiger partial charge in [-0.25, -0.2) is 17.2 Å². The standard InChI is InChI=1S/C32H45ClF2N4O4S/c1-2-26(39(17-16-36)44(41,42)27-6-4-3-5-7-27)13-10-24-20-32(34,35)21-28(24)38-31(40)30(37)29(23-14-18-43-19-15-23)22-8-11-25(33)12-9-22/h3-9,11-12,23-24,26,28-30H,2,10,13-21,36-37H2,1H3,(H,38,40)/t24?,26-,28?,29-,30+/m1/s1. The number of rotatable bonds is 14. The zero-order valence-electron chi connectivity index (χ0n) is 25.2. The van der Waals surface area contributed by atoms with Gasteiger partial charge in [-0.05, 0) is 73.8 Å². The van der Waals surface area contributed by atoms with Crippen molar-refractivity contribution in [2.45, 2.75) is 86.7 Å². The minimum Gasteiger partial charge on any atom is -0.381 e. The number of nitrogens with one attached hydrogen (secondary N) is 1. The van der Waals surface area contributed by atoms with Crippen molar-refractivity contribution in [3.63, 3.8) is 0 Å². The summed E-state index contributed by atoms with van der Waals surface area (Å²) in [6.07, 6.45) is 1.78. The third-order valence-corrected chi connectivity index (χ3v) is 11.4. The number of carbonyl (C=O) groups is 1. The number of nitrogens with zero attached hydrogens (tertiary/aromatic N) is 1. The summed E-state index contributed by atoms with van der Waals surface area (Å²) in [6.45, 7) is 3.26. The zero-order chi connectivity index (χ0) is 31.9. The van der Waals surface area contributed by atoms with Crippen LogP contribution in [-0.2, 0) is 19.6 Å². The van der Waals surface area contributed by atoms with Gasteiger partial charge in [0.15, 0.2) is 0 Å². The Hall–Kier alpha value is -2.15. The van der Waals surface area contributed by atoms with Gasteiger partial charge < -0.3 is 21.5 Å². The van der Waals surface area contributed by atoms with Gasteiger partial charge in [-0.2, -0.15) is 4.31 Å². The van der Waals surface area contributed by atoms with Crippen LogP contribution in [0.2, 0.25) is 5.02 Å². The van der Waals surface area contributed by atoms with Gasteiger partial charge in [0.25, 0.3) is 5.92 Å². The van der Waals surface area contributed by atoms with Crippen LogP contribution in [-0.4, -0.2) is 69.0 Å². The largest absolute Gasteiger partial charge is 0.381 e. The van der Waals surface area contributed by atoms with E-state index in [1.165, 1.54) is 16.4 Å². The van der Waals surface area contributed by atoms with Gasteiger partial charge in [0.2, 0.25) is 15.9 Å². The van der Waals surface area contributed by atoms with E-state index in [4.69, 9.17) is 27.8 Å². The summed E-state index contributed by atoms with van der Waals surface area (Å²) in [5, 5.41) is 3.45. The lowest BCUT2D eigenvalue weighted by molar-refractivity contribution is -0.124. The van der Waals surface area contributed by atoms with Crippen molar-refractivity contribution in [1.82, 2.24) is 9.62 Å². The monoisotopic (exact) mass is 654 g/mol. The quantitative estimate of drug-likeness (QED) is 0.266. The average molecular weight is 655 g/mol. The fraction of sp³-hybridized carbons (Fsp3) is 0.594. The van der Waals surface area contributed by atoms with E-state index in [9.17, 15) is 22.0 Å². The van der Waals surface area contributed by atoms with Crippen molar-refractivity contribution in [3.8, 4) is 0 Å². The second-order valence-corrected chi connectivity index (χ2v) is 14.4. The summed E-state index contributed by atoms with van der Waals surface area (Å²) < 4.78 is 63.5. The molecule has 1 aliphatic carbocycles. The van der Waals surface area contributed by atoms with E-state index >= 15 is 0 Å². The van der Waals surface area contributed by atoms with E-state index in [-0.39, 0.29) is 36.2 Å². The van der Waals surface area contributed by atoms with Crippen molar-refractivity contribution in [3.05, 3.63) is 65.2 Å². The number of hydrogen-bond donors (Lipinski definition) is 3. The summed E-state index contributed by atoms with van der Waals surface area (Å²) in [5.74, 6) is -4.18.